The van der Waals surface area contributed by atoms with Crippen LogP contribution >= 0.6 is 0 Å². The van der Waals surface area contributed by atoms with Crippen molar-refractivity contribution in [2.24, 2.45) is 0 Å². The van der Waals surface area contributed by atoms with E-state index in [1.807, 2.05) is 75.5 Å². The van der Waals surface area contributed by atoms with E-state index in [1.54, 1.807) is 19.0 Å². The molecule has 3 heterocycles. The van der Waals surface area contributed by atoms with Gasteiger partial charge in [0.15, 0.2) is 0 Å². The normalized spacial score (nSPS) is 21.2. The first-order valence-corrected chi connectivity index (χ1v) is 15.1. The van der Waals surface area contributed by atoms with Crippen LogP contribution in [0.3, 0.4) is 0 Å². The number of hydrogen-bond donors (Lipinski definition) is 1. The molecule has 0 spiro atoms. The zero-order valence-corrected chi connectivity index (χ0v) is 27.2. The second-order valence-corrected chi connectivity index (χ2v) is 10.8. The van der Waals surface area contributed by atoms with Crippen molar-refractivity contribution in [3.8, 4) is 0 Å². The molecule has 42 heavy (non-hydrogen) atoms. The zero-order valence-electron chi connectivity index (χ0n) is 27.2. The summed E-state index contributed by atoms with van der Waals surface area (Å²) in [7, 11) is 7.51. The van der Waals surface area contributed by atoms with E-state index in [0.29, 0.717) is 13.0 Å². The standard InChI is InChI=1S/C23H35FN4O.C9H11NO.C2H6/c1-17(15-27-10-6-7-20(24)16-27)13-22-19(3)26(5)11-9-23(22)28-12-8-21(25-4)14-18(2)29-28;1-10(2)9(11)8-6-4-3-5-7-8;1-2/h8-9,12-14,18,20,25H,6-7,10-11,15-16H2,1-5H3;3-7H,1-2H3;1-2H3/b17-13+;;. The number of benzene rings is 1. The Morgan fingerprint density at radius 1 is 1.21 bits per heavy atom. The smallest absolute Gasteiger partial charge is 0.253 e. The number of carbonyl (C=O) groups is 1. The quantitative estimate of drug-likeness (QED) is 0.436. The maximum absolute atomic E-state index is 13.8. The molecule has 3 aliphatic heterocycles. The third-order valence-corrected chi connectivity index (χ3v) is 7.15. The van der Waals surface area contributed by atoms with Crippen molar-refractivity contribution in [1.82, 2.24) is 25.1 Å². The molecule has 1 fully saturated rings. The molecule has 1 aromatic carbocycles. The second kappa shape index (κ2) is 17.6. The maximum Gasteiger partial charge on any atom is 0.253 e. The van der Waals surface area contributed by atoms with Gasteiger partial charge in [-0.2, -0.15) is 0 Å². The van der Waals surface area contributed by atoms with Crippen LogP contribution in [0.5, 0.6) is 0 Å². The van der Waals surface area contributed by atoms with Crippen molar-refractivity contribution in [3.63, 3.8) is 0 Å². The van der Waals surface area contributed by atoms with Crippen LogP contribution in [0, 0.1) is 0 Å². The molecule has 1 saturated heterocycles. The molecule has 0 radical (unpaired) electrons. The number of hydrogen-bond acceptors (Lipinski definition) is 6. The predicted molar refractivity (Wildman–Crippen MR) is 172 cm³/mol. The van der Waals surface area contributed by atoms with E-state index in [1.165, 1.54) is 11.3 Å². The summed E-state index contributed by atoms with van der Waals surface area (Å²) >= 11 is 0. The topological polar surface area (TPSA) is 51.3 Å². The highest BCUT2D eigenvalue weighted by Gasteiger charge is 2.24. The van der Waals surface area contributed by atoms with Gasteiger partial charge in [-0.15, -0.1) is 0 Å². The number of hydroxylamine groups is 2. The van der Waals surface area contributed by atoms with Crippen LogP contribution in [0.2, 0.25) is 0 Å². The van der Waals surface area contributed by atoms with Crippen LogP contribution in [0.15, 0.2) is 89.1 Å². The van der Waals surface area contributed by atoms with Gasteiger partial charge in [-0.25, -0.2) is 9.45 Å². The van der Waals surface area contributed by atoms with Gasteiger partial charge in [-0.05, 0) is 70.5 Å². The number of amides is 1. The molecule has 2 unspecified atom stereocenters. The summed E-state index contributed by atoms with van der Waals surface area (Å²) in [6.07, 6.45) is 11.4. The summed E-state index contributed by atoms with van der Waals surface area (Å²) in [5.41, 5.74) is 6.41. The summed E-state index contributed by atoms with van der Waals surface area (Å²) in [5, 5.41) is 5.06. The molecule has 0 aromatic heterocycles. The number of rotatable bonds is 6. The number of likely N-dealkylation sites (tertiary alicyclic amines) is 1. The van der Waals surface area contributed by atoms with Gasteiger partial charge < -0.3 is 15.1 Å². The molecule has 1 aromatic rings. The molecular weight excluding hydrogens is 529 g/mol. The van der Waals surface area contributed by atoms with E-state index < -0.39 is 6.17 Å². The number of allylic oxidation sites excluding steroid dienone is 3. The minimum atomic E-state index is -0.695. The molecule has 4 rings (SSSR count). The van der Waals surface area contributed by atoms with E-state index in [2.05, 4.69) is 54.2 Å². The maximum atomic E-state index is 13.8. The Kier molecular flexibility index (Phi) is 14.6. The number of piperidine rings is 1. The molecule has 8 heteroatoms. The van der Waals surface area contributed by atoms with Gasteiger partial charge in [0.2, 0.25) is 0 Å². The fourth-order valence-corrected chi connectivity index (χ4v) is 4.88. The molecule has 232 valence electrons. The summed E-state index contributed by atoms with van der Waals surface area (Å²) in [6, 6.07) is 9.23. The first-order valence-electron chi connectivity index (χ1n) is 15.1. The highest BCUT2D eigenvalue weighted by Crippen LogP contribution is 2.29. The highest BCUT2D eigenvalue weighted by atomic mass is 19.1. The minimum absolute atomic E-state index is 0.0468. The Labute approximate surface area is 253 Å². The van der Waals surface area contributed by atoms with E-state index in [0.717, 1.165) is 48.6 Å². The number of likely N-dealkylation sites (N-methyl/N-ethyl adjacent to an activating group) is 2. The van der Waals surface area contributed by atoms with E-state index in [-0.39, 0.29) is 12.0 Å². The first-order chi connectivity index (χ1) is 20.1. The third-order valence-electron chi connectivity index (χ3n) is 7.15. The van der Waals surface area contributed by atoms with Gasteiger partial charge in [0.05, 0.1) is 5.70 Å². The molecule has 3 aliphatic rings. The minimum Gasteiger partial charge on any atom is -0.388 e. The van der Waals surface area contributed by atoms with Gasteiger partial charge in [0.1, 0.15) is 12.3 Å². The van der Waals surface area contributed by atoms with Crippen molar-refractivity contribution in [1.29, 1.82) is 0 Å². The van der Waals surface area contributed by atoms with Crippen molar-refractivity contribution < 1.29 is 14.0 Å². The lowest BCUT2D eigenvalue weighted by Crippen LogP contribution is -2.37. The van der Waals surface area contributed by atoms with Crippen molar-refractivity contribution >= 4 is 5.91 Å². The van der Waals surface area contributed by atoms with Gasteiger partial charge >= 0.3 is 0 Å². The molecular formula is C34H52FN5O2. The Morgan fingerprint density at radius 3 is 2.52 bits per heavy atom. The number of carbonyl (C=O) groups excluding carboxylic acids is 1. The Morgan fingerprint density at radius 2 is 1.90 bits per heavy atom. The van der Waals surface area contributed by atoms with E-state index >= 15 is 0 Å². The van der Waals surface area contributed by atoms with Crippen LogP contribution in [0.25, 0.3) is 0 Å². The summed E-state index contributed by atoms with van der Waals surface area (Å²) in [5.74, 6) is 0.0469. The lowest BCUT2D eigenvalue weighted by Gasteiger charge is -2.33. The molecule has 2 atom stereocenters. The van der Waals surface area contributed by atoms with Crippen LogP contribution in [0.1, 0.15) is 57.8 Å². The van der Waals surface area contributed by atoms with Crippen LogP contribution in [0.4, 0.5) is 4.39 Å². The van der Waals surface area contributed by atoms with Crippen molar-refractivity contribution in [2.45, 2.75) is 59.7 Å². The number of halogens is 1. The molecule has 1 amide bonds. The largest absolute Gasteiger partial charge is 0.388 e. The van der Waals surface area contributed by atoms with Crippen LogP contribution < -0.4 is 5.32 Å². The second-order valence-electron chi connectivity index (χ2n) is 10.8. The lowest BCUT2D eigenvalue weighted by molar-refractivity contribution is -0.114. The fraction of sp³-hybridized carbons (Fsp3) is 0.500. The number of nitrogens with zero attached hydrogens (tertiary/aromatic N) is 4. The third kappa shape index (κ3) is 10.5. The van der Waals surface area contributed by atoms with Gasteiger partial charge in [0.25, 0.3) is 5.91 Å². The number of alkyl halides is 1. The molecule has 0 aliphatic carbocycles. The van der Waals surface area contributed by atoms with E-state index in [4.69, 9.17) is 4.84 Å². The summed E-state index contributed by atoms with van der Waals surface area (Å²) < 4.78 is 13.8. The molecule has 0 bridgehead atoms. The molecule has 1 N–H and O–H groups in total. The van der Waals surface area contributed by atoms with Crippen molar-refractivity contribution in [2.75, 3.05) is 54.4 Å². The van der Waals surface area contributed by atoms with Crippen LogP contribution in [-0.2, 0) is 4.84 Å². The van der Waals surface area contributed by atoms with Gasteiger partial charge in [-0.3, -0.25) is 14.5 Å². The Bertz CT molecular complexity index is 1160. The predicted octanol–water partition coefficient (Wildman–Crippen LogP) is 6.14. The van der Waals surface area contributed by atoms with Gasteiger partial charge in [0, 0.05) is 76.6 Å². The number of nitrogens with one attached hydrogen (secondary N) is 1. The highest BCUT2D eigenvalue weighted by molar-refractivity contribution is 5.93. The van der Waals surface area contributed by atoms with E-state index in [9.17, 15) is 9.18 Å². The monoisotopic (exact) mass is 581 g/mol. The van der Waals surface area contributed by atoms with Crippen molar-refractivity contribution in [3.05, 3.63) is 94.6 Å². The summed E-state index contributed by atoms with van der Waals surface area (Å²) in [6.45, 7) is 13.5. The molecule has 0 saturated carbocycles. The van der Waals surface area contributed by atoms with Gasteiger partial charge in [-0.1, -0.05) is 43.7 Å². The average Bonchev–Trinajstić information content (AvgIpc) is 3.18. The fourth-order valence-electron chi connectivity index (χ4n) is 4.88. The summed E-state index contributed by atoms with van der Waals surface area (Å²) in [4.78, 5) is 23.5. The zero-order chi connectivity index (χ0) is 31.2. The van der Waals surface area contributed by atoms with Crippen LogP contribution in [-0.4, -0.2) is 92.3 Å². The SMILES string of the molecule is CC.CN(C)C(=O)c1ccccc1.CNC1=CC(C)ON(C2=CCN(C)C(C)=C2/C=C(\C)CN2CCCC(F)C2)C=C1. The first kappa shape index (κ1) is 34.8. The Balaban J connectivity index is 0.000000396. The molecule has 7 nitrogen and oxygen atoms in total. The average molecular weight is 582 g/mol. The lowest BCUT2D eigenvalue weighted by atomic mass is 10.0. The Hall–Kier alpha value is -3.36.